The number of sulfonamides is 1. The molecule has 2 aromatic carbocycles. The summed E-state index contributed by atoms with van der Waals surface area (Å²) in [6.07, 6.45) is 1.69. The van der Waals surface area contributed by atoms with Crippen LogP contribution in [0.25, 0.3) is 0 Å². The fourth-order valence-electron chi connectivity index (χ4n) is 3.41. The third-order valence-corrected chi connectivity index (χ3v) is 6.02. The summed E-state index contributed by atoms with van der Waals surface area (Å²) in [5, 5.41) is 14.4. The third-order valence-electron chi connectivity index (χ3n) is 4.87. The summed E-state index contributed by atoms with van der Waals surface area (Å²) in [5.74, 6) is -0.122. The maximum absolute atomic E-state index is 12.7. The normalized spacial score (nSPS) is 17.7. The Morgan fingerprint density at radius 1 is 1.21 bits per heavy atom. The van der Waals surface area contributed by atoms with E-state index in [1.54, 1.807) is 18.2 Å². The molecule has 3 rings (SSSR count). The Balaban J connectivity index is 1.60. The molecule has 156 valence electrons. The van der Waals surface area contributed by atoms with Crippen LogP contribution in [0, 0.1) is 5.92 Å². The Morgan fingerprint density at radius 3 is 2.69 bits per heavy atom. The monoisotopic (exact) mass is 456 g/mol. The van der Waals surface area contributed by atoms with Crippen LogP contribution in [0.15, 0.2) is 36.4 Å². The van der Waals surface area contributed by atoms with Gasteiger partial charge in [0.25, 0.3) is 0 Å². The molecule has 9 heteroatoms. The largest absolute Gasteiger partial charge is 0.387 e. The maximum atomic E-state index is 12.7. The van der Waals surface area contributed by atoms with Crippen molar-refractivity contribution in [3.63, 3.8) is 0 Å². The van der Waals surface area contributed by atoms with Crippen LogP contribution in [0.5, 0.6) is 0 Å². The lowest BCUT2D eigenvalue weighted by Crippen LogP contribution is -2.34. The summed E-state index contributed by atoms with van der Waals surface area (Å²) in [6, 6.07) is 10.1. The van der Waals surface area contributed by atoms with Crippen LogP contribution < -0.4 is 10.0 Å². The van der Waals surface area contributed by atoms with Crippen LogP contribution in [0.2, 0.25) is 10.0 Å². The number of aryl methyl sites for hydroxylation is 1. The molecule has 0 heterocycles. The Bertz CT molecular complexity index is 1030. The quantitative estimate of drug-likeness (QED) is 0.592. The second kappa shape index (κ2) is 9.02. The second-order valence-corrected chi connectivity index (χ2v) is 9.78. The van der Waals surface area contributed by atoms with Gasteiger partial charge in [0.05, 0.1) is 23.1 Å². The number of Topliss-reactive ketones (excluding diaryl/α,β-unsaturated/α-hetero) is 1. The van der Waals surface area contributed by atoms with Crippen molar-refractivity contribution in [3.8, 4) is 0 Å². The van der Waals surface area contributed by atoms with Gasteiger partial charge in [0.2, 0.25) is 10.0 Å². The molecule has 0 spiro atoms. The number of aliphatic hydroxyl groups excluding tert-OH is 1. The molecule has 29 heavy (non-hydrogen) atoms. The lowest BCUT2D eigenvalue weighted by molar-refractivity contribution is 0.0895. The van der Waals surface area contributed by atoms with Crippen LogP contribution in [0.3, 0.4) is 0 Å². The number of hydrogen-bond donors (Lipinski definition) is 3. The molecular formula is C20H22Cl2N2O4S. The molecule has 1 aliphatic rings. The van der Waals surface area contributed by atoms with Crippen molar-refractivity contribution in [2.75, 3.05) is 24.1 Å². The Morgan fingerprint density at radius 2 is 1.97 bits per heavy atom. The van der Waals surface area contributed by atoms with E-state index in [9.17, 15) is 18.3 Å². The fraction of sp³-hybridized carbons (Fsp3) is 0.350. The predicted octanol–water partition coefficient (Wildman–Crippen LogP) is 3.43. The predicted molar refractivity (Wildman–Crippen MR) is 115 cm³/mol. The van der Waals surface area contributed by atoms with Gasteiger partial charge in [0.15, 0.2) is 5.78 Å². The van der Waals surface area contributed by atoms with Gasteiger partial charge in [0, 0.05) is 29.6 Å². The molecular weight excluding hydrogens is 435 g/mol. The Labute approximate surface area is 180 Å². The van der Waals surface area contributed by atoms with Crippen molar-refractivity contribution >= 4 is 44.7 Å². The number of carbonyl (C=O) groups is 1. The van der Waals surface area contributed by atoms with E-state index in [1.807, 2.05) is 6.07 Å². The summed E-state index contributed by atoms with van der Waals surface area (Å²) >= 11 is 12.0. The SMILES string of the molecule is CS(=O)(=O)Nc1cc(C(O)CNCC2CCc3ccc(Cl)cc3C2=O)ccc1Cl. The molecule has 0 aliphatic heterocycles. The highest BCUT2D eigenvalue weighted by molar-refractivity contribution is 7.92. The van der Waals surface area contributed by atoms with Crippen molar-refractivity contribution in [1.29, 1.82) is 0 Å². The fourth-order valence-corrected chi connectivity index (χ4v) is 4.37. The molecule has 2 unspecified atom stereocenters. The lowest BCUT2D eigenvalue weighted by atomic mass is 9.82. The summed E-state index contributed by atoms with van der Waals surface area (Å²) in [5.41, 5.74) is 2.41. The van der Waals surface area contributed by atoms with E-state index >= 15 is 0 Å². The standard InChI is InChI=1S/C20H22Cl2N2O4S/c1-29(27,28)24-18-8-13(5-7-17(18)22)19(25)11-23-10-14-3-2-12-4-6-15(21)9-16(12)20(14)26/h4-9,14,19,23-25H,2-3,10-11H2,1H3. The summed E-state index contributed by atoms with van der Waals surface area (Å²) < 4.78 is 25.2. The van der Waals surface area contributed by atoms with Gasteiger partial charge >= 0.3 is 0 Å². The number of carbonyl (C=O) groups excluding carboxylic acids is 1. The second-order valence-electron chi connectivity index (χ2n) is 7.19. The topological polar surface area (TPSA) is 95.5 Å². The maximum Gasteiger partial charge on any atom is 0.229 e. The van der Waals surface area contributed by atoms with Gasteiger partial charge in [-0.2, -0.15) is 0 Å². The van der Waals surface area contributed by atoms with Crippen molar-refractivity contribution in [1.82, 2.24) is 5.32 Å². The van der Waals surface area contributed by atoms with Crippen molar-refractivity contribution in [3.05, 3.63) is 63.1 Å². The Hall–Kier alpha value is -1.64. The summed E-state index contributed by atoms with van der Waals surface area (Å²) in [7, 11) is -3.49. The molecule has 0 fully saturated rings. The summed E-state index contributed by atoms with van der Waals surface area (Å²) in [6.45, 7) is 0.649. The minimum Gasteiger partial charge on any atom is -0.387 e. The molecule has 0 bridgehead atoms. The van der Waals surface area contributed by atoms with Crippen LogP contribution in [0.4, 0.5) is 5.69 Å². The molecule has 0 saturated heterocycles. The molecule has 0 radical (unpaired) electrons. The third kappa shape index (κ3) is 5.71. The molecule has 2 atom stereocenters. The van der Waals surface area contributed by atoms with Crippen LogP contribution in [-0.2, 0) is 16.4 Å². The van der Waals surface area contributed by atoms with E-state index in [2.05, 4.69) is 10.0 Å². The number of hydrogen-bond acceptors (Lipinski definition) is 5. The number of ketones is 1. The number of nitrogens with one attached hydrogen (secondary N) is 2. The minimum atomic E-state index is -3.49. The van der Waals surface area contributed by atoms with E-state index in [0.717, 1.165) is 24.7 Å². The van der Waals surface area contributed by atoms with E-state index in [1.165, 1.54) is 12.1 Å². The molecule has 0 saturated carbocycles. The summed E-state index contributed by atoms with van der Waals surface area (Å²) in [4.78, 5) is 12.7. The van der Waals surface area contributed by atoms with E-state index < -0.39 is 16.1 Å². The number of fused-ring (bicyclic) bond motifs is 1. The molecule has 0 amide bonds. The average molecular weight is 457 g/mol. The van der Waals surface area contributed by atoms with Crippen LogP contribution in [-0.4, -0.2) is 38.7 Å². The highest BCUT2D eigenvalue weighted by Crippen LogP contribution is 2.29. The van der Waals surface area contributed by atoms with Crippen LogP contribution >= 0.6 is 23.2 Å². The molecule has 2 aromatic rings. The van der Waals surface area contributed by atoms with Gasteiger partial charge in [-0.3, -0.25) is 9.52 Å². The zero-order valence-corrected chi connectivity index (χ0v) is 18.1. The number of aliphatic hydroxyl groups is 1. The molecule has 1 aliphatic carbocycles. The highest BCUT2D eigenvalue weighted by atomic mass is 35.5. The first-order valence-electron chi connectivity index (χ1n) is 9.12. The first-order valence-corrected chi connectivity index (χ1v) is 11.8. The van der Waals surface area contributed by atoms with Gasteiger partial charge < -0.3 is 10.4 Å². The number of anilines is 1. The first kappa shape index (κ1) is 22.1. The number of halogens is 2. The Kier molecular flexibility index (Phi) is 6.86. The van der Waals surface area contributed by atoms with Gasteiger partial charge in [0.1, 0.15) is 0 Å². The van der Waals surface area contributed by atoms with Gasteiger partial charge in [-0.05, 0) is 48.2 Å². The van der Waals surface area contributed by atoms with E-state index in [0.29, 0.717) is 22.7 Å². The van der Waals surface area contributed by atoms with Crippen molar-refractivity contribution < 1.29 is 18.3 Å². The first-order chi connectivity index (χ1) is 13.6. The molecule has 0 aromatic heterocycles. The minimum absolute atomic E-state index is 0.0573. The van der Waals surface area contributed by atoms with Gasteiger partial charge in [-0.25, -0.2) is 8.42 Å². The van der Waals surface area contributed by atoms with Gasteiger partial charge in [-0.1, -0.05) is 35.3 Å². The van der Waals surface area contributed by atoms with Crippen LogP contribution in [0.1, 0.15) is 34.0 Å². The molecule has 3 N–H and O–H groups in total. The number of rotatable bonds is 7. The smallest absolute Gasteiger partial charge is 0.229 e. The van der Waals surface area contributed by atoms with Crippen molar-refractivity contribution in [2.24, 2.45) is 5.92 Å². The zero-order chi connectivity index (χ0) is 21.2. The van der Waals surface area contributed by atoms with Crippen molar-refractivity contribution in [2.45, 2.75) is 18.9 Å². The average Bonchev–Trinajstić information content (AvgIpc) is 2.64. The highest BCUT2D eigenvalue weighted by Gasteiger charge is 2.27. The van der Waals surface area contributed by atoms with Gasteiger partial charge in [-0.15, -0.1) is 0 Å². The lowest BCUT2D eigenvalue weighted by Gasteiger charge is -2.24. The van der Waals surface area contributed by atoms with E-state index in [4.69, 9.17) is 23.2 Å². The number of benzene rings is 2. The zero-order valence-electron chi connectivity index (χ0n) is 15.8. The molecule has 6 nitrogen and oxygen atoms in total. The van der Waals surface area contributed by atoms with E-state index in [-0.39, 0.29) is 29.0 Å².